The molecule has 0 radical (unpaired) electrons. The predicted octanol–water partition coefficient (Wildman–Crippen LogP) is 3.05. The van der Waals surface area contributed by atoms with E-state index < -0.39 is 0 Å². The van der Waals surface area contributed by atoms with Gasteiger partial charge in [0.15, 0.2) is 5.96 Å². The molecule has 0 heterocycles. The summed E-state index contributed by atoms with van der Waals surface area (Å²) in [5, 5.41) is 16.5. The summed E-state index contributed by atoms with van der Waals surface area (Å²) in [7, 11) is 3.32. The number of hydrogen-bond donors (Lipinski definition) is 3. The number of benzene rings is 2. The zero-order chi connectivity index (χ0) is 19.1. The van der Waals surface area contributed by atoms with Gasteiger partial charge in [0, 0.05) is 31.3 Å². The molecule has 3 N–H and O–H groups in total. The van der Waals surface area contributed by atoms with Crippen LogP contribution >= 0.6 is 0 Å². The Kier molecular flexibility index (Phi) is 6.41. The minimum Gasteiger partial charge on any atom is -0.508 e. The van der Waals surface area contributed by atoms with Crippen LogP contribution in [-0.4, -0.2) is 31.8 Å². The van der Waals surface area contributed by atoms with Crippen molar-refractivity contribution < 1.29 is 14.6 Å². The van der Waals surface area contributed by atoms with Crippen molar-refractivity contribution in [2.24, 2.45) is 10.9 Å². The van der Waals surface area contributed by atoms with E-state index in [0.29, 0.717) is 24.8 Å². The Morgan fingerprint density at radius 3 is 2.56 bits per heavy atom. The average Bonchev–Trinajstić information content (AvgIpc) is 3.53. The second-order valence-electron chi connectivity index (χ2n) is 6.64. The standard InChI is InChI=1S/C21H27N3O3/c1-22-21(24-13-17-11-18(26-2)9-10-19(17)25)23-12-16-5-3-4-6-20(16)27-14-15-7-8-15/h3-6,9-11,15,25H,7-8,12-14H2,1-2H3,(H2,22,23,24). The van der Waals surface area contributed by atoms with Crippen LogP contribution in [0.15, 0.2) is 47.5 Å². The number of ether oxygens (including phenoxy) is 2. The molecular weight excluding hydrogens is 342 g/mol. The monoisotopic (exact) mass is 369 g/mol. The Morgan fingerprint density at radius 1 is 1.11 bits per heavy atom. The van der Waals surface area contributed by atoms with Crippen molar-refractivity contribution in [2.75, 3.05) is 20.8 Å². The molecule has 2 aromatic rings. The van der Waals surface area contributed by atoms with E-state index in [1.807, 2.05) is 18.2 Å². The summed E-state index contributed by atoms with van der Waals surface area (Å²) < 4.78 is 11.2. The molecule has 1 fully saturated rings. The number of phenolic OH excluding ortho intramolecular Hbond substituents is 1. The molecule has 0 spiro atoms. The van der Waals surface area contributed by atoms with Crippen molar-refractivity contribution in [3.63, 3.8) is 0 Å². The molecule has 0 aliphatic heterocycles. The summed E-state index contributed by atoms with van der Waals surface area (Å²) in [6, 6.07) is 13.2. The van der Waals surface area contributed by atoms with Crippen LogP contribution in [0.5, 0.6) is 17.2 Å². The number of nitrogens with one attached hydrogen (secondary N) is 2. The van der Waals surface area contributed by atoms with Gasteiger partial charge < -0.3 is 25.2 Å². The van der Waals surface area contributed by atoms with Gasteiger partial charge in [0.05, 0.1) is 13.7 Å². The second kappa shape index (κ2) is 9.16. The van der Waals surface area contributed by atoms with Crippen LogP contribution in [-0.2, 0) is 13.1 Å². The number of guanidine groups is 1. The molecular formula is C21H27N3O3. The maximum Gasteiger partial charge on any atom is 0.191 e. The number of rotatable bonds is 8. The predicted molar refractivity (Wildman–Crippen MR) is 106 cm³/mol. The first kappa shape index (κ1) is 18.9. The van der Waals surface area contributed by atoms with Gasteiger partial charge in [0.25, 0.3) is 0 Å². The third-order valence-electron chi connectivity index (χ3n) is 4.55. The normalized spacial score (nSPS) is 13.9. The van der Waals surface area contributed by atoms with E-state index in [0.717, 1.165) is 29.4 Å². The van der Waals surface area contributed by atoms with Gasteiger partial charge in [0.1, 0.15) is 17.2 Å². The van der Waals surface area contributed by atoms with Crippen LogP contribution in [0.4, 0.5) is 0 Å². The lowest BCUT2D eigenvalue weighted by molar-refractivity contribution is 0.296. The molecule has 6 nitrogen and oxygen atoms in total. The van der Waals surface area contributed by atoms with Gasteiger partial charge in [-0.05, 0) is 43.0 Å². The molecule has 0 saturated heterocycles. The number of hydrogen-bond acceptors (Lipinski definition) is 4. The third-order valence-corrected chi connectivity index (χ3v) is 4.55. The van der Waals surface area contributed by atoms with Gasteiger partial charge in [-0.25, -0.2) is 0 Å². The van der Waals surface area contributed by atoms with Crippen LogP contribution in [0.2, 0.25) is 0 Å². The lowest BCUT2D eigenvalue weighted by Crippen LogP contribution is -2.36. The molecule has 0 aromatic heterocycles. The van der Waals surface area contributed by atoms with Gasteiger partial charge in [0.2, 0.25) is 0 Å². The highest BCUT2D eigenvalue weighted by Gasteiger charge is 2.22. The fourth-order valence-corrected chi connectivity index (χ4v) is 2.69. The van der Waals surface area contributed by atoms with Crippen molar-refractivity contribution in [1.29, 1.82) is 0 Å². The molecule has 2 aromatic carbocycles. The fraction of sp³-hybridized carbons (Fsp3) is 0.381. The summed E-state index contributed by atoms with van der Waals surface area (Å²) in [6.07, 6.45) is 2.54. The summed E-state index contributed by atoms with van der Waals surface area (Å²) >= 11 is 0. The first-order chi connectivity index (χ1) is 13.2. The van der Waals surface area contributed by atoms with Crippen LogP contribution in [0.25, 0.3) is 0 Å². The molecule has 0 amide bonds. The highest BCUT2D eigenvalue weighted by atomic mass is 16.5. The average molecular weight is 369 g/mol. The summed E-state index contributed by atoms with van der Waals surface area (Å²) in [4.78, 5) is 4.25. The zero-order valence-electron chi connectivity index (χ0n) is 15.9. The number of nitrogens with zero attached hydrogens (tertiary/aromatic N) is 1. The minimum atomic E-state index is 0.220. The van der Waals surface area contributed by atoms with Crippen molar-refractivity contribution in [2.45, 2.75) is 25.9 Å². The molecule has 1 aliphatic carbocycles. The van der Waals surface area contributed by atoms with Crippen molar-refractivity contribution >= 4 is 5.96 Å². The smallest absolute Gasteiger partial charge is 0.191 e. The Bertz CT molecular complexity index is 788. The molecule has 6 heteroatoms. The minimum absolute atomic E-state index is 0.220. The molecule has 0 unspecified atom stereocenters. The Hall–Kier alpha value is -2.89. The van der Waals surface area contributed by atoms with E-state index in [1.54, 1.807) is 32.4 Å². The lowest BCUT2D eigenvalue weighted by Gasteiger charge is -2.15. The zero-order valence-corrected chi connectivity index (χ0v) is 15.9. The lowest BCUT2D eigenvalue weighted by atomic mass is 10.2. The van der Waals surface area contributed by atoms with Gasteiger partial charge in [-0.3, -0.25) is 4.99 Å². The van der Waals surface area contributed by atoms with E-state index in [4.69, 9.17) is 9.47 Å². The van der Waals surface area contributed by atoms with E-state index in [2.05, 4.69) is 21.7 Å². The third kappa shape index (κ3) is 5.54. The first-order valence-corrected chi connectivity index (χ1v) is 9.20. The largest absolute Gasteiger partial charge is 0.508 e. The van der Waals surface area contributed by atoms with E-state index in [-0.39, 0.29) is 5.75 Å². The SMILES string of the molecule is CN=C(NCc1cc(OC)ccc1O)NCc1ccccc1OCC1CC1. The molecule has 0 bridgehead atoms. The highest BCUT2D eigenvalue weighted by molar-refractivity contribution is 5.79. The maximum absolute atomic E-state index is 10.00. The van der Waals surface area contributed by atoms with Gasteiger partial charge in [-0.2, -0.15) is 0 Å². The number of aliphatic imine (C=N–C) groups is 1. The quantitative estimate of drug-likeness (QED) is 0.493. The van der Waals surface area contributed by atoms with Gasteiger partial charge >= 0.3 is 0 Å². The van der Waals surface area contributed by atoms with E-state index >= 15 is 0 Å². The van der Waals surface area contributed by atoms with Crippen LogP contribution in [0, 0.1) is 5.92 Å². The second-order valence-corrected chi connectivity index (χ2v) is 6.64. The van der Waals surface area contributed by atoms with Gasteiger partial charge in [-0.15, -0.1) is 0 Å². The number of methoxy groups -OCH3 is 1. The molecule has 1 aliphatic rings. The Balaban J connectivity index is 1.55. The van der Waals surface area contributed by atoms with Crippen LogP contribution < -0.4 is 20.1 Å². The molecule has 1 saturated carbocycles. The van der Waals surface area contributed by atoms with Crippen LogP contribution in [0.1, 0.15) is 24.0 Å². The molecule has 0 atom stereocenters. The maximum atomic E-state index is 10.00. The fourth-order valence-electron chi connectivity index (χ4n) is 2.69. The highest BCUT2D eigenvalue weighted by Crippen LogP contribution is 2.30. The van der Waals surface area contributed by atoms with Crippen LogP contribution in [0.3, 0.4) is 0 Å². The molecule has 27 heavy (non-hydrogen) atoms. The number of para-hydroxylation sites is 1. The van der Waals surface area contributed by atoms with E-state index in [9.17, 15) is 5.11 Å². The van der Waals surface area contributed by atoms with Crippen molar-refractivity contribution in [1.82, 2.24) is 10.6 Å². The summed E-state index contributed by atoms with van der Waals surface area (Å²) in [6.45, 7) is 1.83. The summed E-state index contributed by atoms with van der Waals surface area (Å²) in [5.41, 5.74) is 1.83. The summed E-state index contributed by atoms with van der Waals surface area (Å²) in [5.74, 6) is 3.20. The molecule has 144 valence electrons. The van der Waals surface area contributed by atoms with E-state index in [1.165, 1.54) is 12.8 Å². The number of phenols is 1. The Labute approximate surface area is 160 Å². The van der Waals surface area contributed by atoms with Crippen molar-refractivity contribution in [3.8, 4) is 17.2 Å². The van der Waals surface area contributed by atoms with Gasteiger partial charge in [-0.1, -0.05) is 18.2 Å². The Morgan fingerprint density at radius 2 is 1.85 bits per heavy atom. The number of aromatic hydroxyl groups is 1. The molecule has 3 rings (SSSR count). The first-order valence-electron chi connectivity index (χ1n) is 9.20. The topological polar surface area (TPSA) is 75.1 Å². The van der Waals surface area contributed by atoms with Crippen molar-refractivity contribution in [3.05, 3.63) is 53.6 Å².